The molecule has 1 amide bonds. The second-order valence-corrected chi connectivity index (χ2v) is 6.58. The molecule has 3 aromatic rings. The average molecular weight is 358 g/mol. The van der Waals surface area contributed by atoms with Crippen molar-refractivity contribution in [3.63, 3.8) is 0 Å². The van der Waals surface area contributed by atoms with Crippen LogP contribution in [0.15, 0.2) is 59.6 Å². The van der Waals surface area contributed by atoms with E-state index < -0.39 is 17.7 Å². The molecular weight excluding hydrogens is 342 g/mol. The molecule has 3 rings (SSSR count). The maximum atomic E-state index is 13.7. The zero-order valence-electron chi connectivity index (χ0n) is 13.5. The SMILES string of the molecule is C[C@H](NC(=O)CSc1ccc2ccccc2n1)c1ccc(F)cc1F. The van der Waals surface area contributed by atoms with E-state index in [9.17, 15) is 13.6 Å². The number of rotatable bonds is 5. The quantitative estimate of drug-likeness (QED) is 0.684. The van der Waals surface area contributed by atoms with Gasteiger partial charge in [0.1, 0.15) is 11.6 Å². The van der Waals surface area contributed by atoms with Crippen LogP contribution in [0.3, 0.4) is 0 Å². The number of nitrogens with zero attached hydrogens (tertiary/aromatic N) is 1. The summed E-state index contributed by atoms with van der Waals surface area (Å²) in [6.07, 6.45) is 0. The van der Waals surface area contributed by atoms with Gasteiger partial charge in [-0.3, -0.25) is 4.79 Å². The number of pyridine rings is 1. The van der Waals surface area contributed by atoms with E-state index in [0.717, 1.165) is 22.0 Å². The van der Waals surface area contributed by atoms with E-state index in [1.165, 1.54) is 23.9 Å². The Labute approximate surface area is 148 Å². The topological polar surface area (TPSA) is 42.0 Å². The zero-order chi connectivity index (χ0) is 17.8. The molecule has 0 spiro atoms. The first-order chi connectivity index (χ1) is 12.0. The molecule has 6 heteroatoms. The summed E-state index contributed by atoms with van der Waals surface area (Å²) < 4.78 is 26.7. The Hall–Kier alpha value is -2.47. The largest absolute Gasteiger partial charge is 0.349 e. The van der Waals surface area contributed by atoms with Gasteiger partial charge >= 0.3 is 0 Å². The van der Waals surface area contributed by atoms with E-state index in [2.05, 4.69) is 10.3 Å². The molecule has 0 aliphatic heterocycles. The van der Waals surface area contributed by atoms with Gasteiger partial charge < -0.3 is 5.32 Å². The maximum Gasteiger partial charge on any atom is 0.230 e. The molecule has 25 heavy (non-hydrogen) atoms. The number of halogens is 2. The lowest BCUT2D eigenvalue weighted by atomic mass is 10.1. The van der Waals surface area contributed by atoms with Crippen LogP contribution in [0.4, 0.5) is 8.78 Å². The highest BCUT2D eigenvalue weighted by Crippen LogP contribution is 2.21. The fourth-order valence-corrected chi connectivity index (χ4v) is 3.17. The highest BCUT2D eigenvalue weighted by atomic mass is 32.2. The molecular formula is C19H16F2N2OS. The van der Waals surface area contributed by atoms with Crippen LogP contribution in [-0.2, 0) is 4.79 Å². The number of carbonyl (C=O) groups excluding carboxylic acids is 1. The Kier molecular flexibility index (Phi) is 5.28. The average Bonchev–Trinajstić information content (AvgIpc) is 2.59. The Morgan fingerprint density at radius 1 is 1.16 bits per heavy atom. The third kappa shape index (κ3) is 4.33. The van der Waals surface area contributed by atoms with Gasteiger partial charge in [0.15, 0.2) is 0 Å². The summed E-state index contributed by atoms with van der Waals surface area (Å²) in [5.74, 6) is -1.39. The lowest BCUT2D eigenvalue weighted by molar-refractivity contribution is -0.119. The molecule has 0 saturated heterocycles. The number of amides is 1. The Morgan fingerprint density at radius 3 is 2.76 bits per heavy atom. The van der Waals surface area contributed by atoms with Crippen molar-refractivity contribution >= 4 is 28.6 Å². The molecule has 0 bridgehead atoms. The second-order valence-electron chi connectivity index (χ2n) is 5.59. The van der Waals surface area contributed by atoms with E-state index in [1.54, 1.807) is 6.92 Å². The Balaban J connectivity index is 1.60. The molecule has 1 aromatic heterocycles. The van der Waals surface area contributed by atoms with E-state index in [4.69, 9.17) is 0 Å². The molecule has 0 saturated carbocycles. The van der Waals surface area contributed by atoms with Gasteiger partial charge in [-0.25, -0.2) is 13.8 Å². The zero-order valence-corrected chi connectivity index (χ0v) is 14.3. The number of para-hydroxylation sites is 1. The summed E-state index contributed by atoms with van der Waals surface area (Å²) in [4.78, 5) is 16.6. The molecule has 2 aromatic carbocycles. The summed E-state index contributed by atoms with van der Waals surface area (Å²) in [6, 6.07) is 14.4. The van der Waals surface area contributed by atoms with E-state index >= 15 is 0 Å². The Morgan fingerprint density at radius 2 is 1.96 bits per heavy atom. The third-order valence-electron chi connectivity index (χ3n) is 3.73. The minimum absolute atomic E-state index is 0.165. The van der Waals surface area contributed by atoms with E-state index in [0.29, 0.717) is 0 Å². The van der Waals surface area contributed by atoms with Crippen LogP contribution in [0.1, 0.15) is 18.5 Å². The van der Waals surface area contributed by atoms with Crippen molar-refractivity contribution in [2.75, 3.05) is 5.75 Å². The van der Waals surface area contributed by atoms with Gasteiger partial charge in [-0.15, -0.1) is 0 Å². The molecule has 0 aliphatic carbocycles. The van der Waals surface area contributed by atoms with Gasteiger partial charge in [-0.05, 0) is 25.1 Å². The van der Waals surface area contributed by atoms with Gasteiger partial charge in [0, 0.05) is 17.0 Å². The highest BCUT2D eigenvalue weighted by molar-refractivity contribution is 7.99. The van der Waals surface area contributed by atoms with Crippen molar-refractivity contribution in [3.8, 4) is 0 Å². The van der Waals surface area contributed by atoms with Crippen molar-refractivity contribution < 1.29 is 13.6 Å². The predicted octanol–water partition coefficient (Wildman–Crippen LogP) is 4.48. The molecule has 0 radical (unpaired) electrons. The van der Waals surface area contributed by atoms with Crippen molar-refractivity contribution in [1.29, 1.82) is 0 Å². The number of hydrogen-bond acceptors (Lipinski definition) is 3. The maximum absolute atomic E-state index is 13.7. The molecule has 1 N–H and O–H groups in total. The van der Waals surface area contributed by atoms with Crippen molar-refractivity contribution in [1.82, 2.24) is 10.3 Å². The second kappa shape index (κ2) is 7.61. The van der Waals surface area contributed by atoms with E-state index in [-0.39, 0.29) is 17.2 Å². The van der Waals surface area contributed by atoms with E-state index in [1.807, 2.05) is 36.4 Å². The predicted molar refractivity (Wildman–Crippen MR) is 95.4 cm³/mol. The van der Waals surface area contributed by atoms with Crippen LogP contribution in [0, 0.1) is 11.6 Å². The Bertz CT molecular complexity index is 917. The molecule has 1 heterocycles. The lowest BCUT2D eigenvalue weighted by Crippen LogP contribution is -2.28. The number of carbonyl (C=O) groups is 1. The number of nitrogens with one attached hydrogen (secondary N) is 1. The molecule has 128 valence electrons. The number of hydrogen-bond donors (Lipinski definition) is 1. The molecule has 0 aliphatic rings. The third-order valence-corrected chi connectivity index (χ3v) is 4.66. The van der Waals surface area contributed by atoms with Gasteiger partial charge in [0.25, 0.3) is 0 Å². The fourth-order valence-electron chi connectivity index (χ4n) is 2.48. The van der Waals surface area contributed by atoms with Crippen LogP contribution >= 0.6 is 11.8 Å². The van der Waals surface area contributed by atoms with Crippen LogP contribution in [0.2, 0.25) is 0 Å². The van der Waals surface area contributed by atoms with Crippen molar-refractivity contribution in [2.45, 2.75) is 18.0 Å². The minimum atomic E-state index is -0.670. The molecule has 3 nitrogen and oxygen atoms in total. The highest BCUT2D eigenvalue weighted by Gasteiger charge is 2.14. The summed E-state index contributed by atoms with van der Waals surface area (Å²) in [5.41, 5.74) is 1.12. The number of benzene rings is 2. The normalized spacial score (nSPS) is 12.1. The number of fused-ring (bicyclic) bond motifs is 1. The number of thioether (sulfide) groups is 1. The van der Waals surface area contributed by atoms with Gasteiger partial charge in [0.05, 0.1) is 22.3 Å². The summed E-state index contributed by atoms with van der Waals surface area (Å²) in [6.45, 7) is 1.66. The minimum Gasteiger partial charge on any atom is -0.349 e. The molecule has 1 atom stereocenters. The summed E-state index contributed by atoms with van der Waals surface area (Å²) in [5, 5.41) is 4.50. The summed E-state index contributed by atoms with van der Waals surface area (Å²) in [7, 11) is 0. The number of aromatic nitrogens is 1. The van der Waals surface area contributed by atoms with Gasteiger partial charge in [0.2, 0.25) is 5.91 Å². The summed E-state index contributed by atoms with van der Waals surface area (Å²) >= 11 is 1.31. The van der Waals surface area contributed by atoms with Crippen molar-refractivity contribution in [3.05, 3.63) is 71.8 Å². The first kappa shape index (κ1) is 17.4. The van der Waals surface area contributed by atoms with Gasteiger partial charge in [-0.1, -0.05) is 42.1 Å². The molecule has 0 fully saturated rings. The monoisotopic (exact) mass is 358 g/mol. The first-order valence-electron chi connectivity index (χ1n) is 7.76. The smallest absolute Gasteiger partial charge is 0.230 e. The standard InChI is InChI=1S/C19H16F2N2OS/c1-12(15-8-7-14(20)10-16(15)21)22-18(24)11-25-19-9-6-13-4-2-3-5-17(13)23-19/h2-10,12H,11H2,1H3,(H,22,24)/t12-/m0/s1. The van der Waals surface area contributed by atoms with Crippen LogP contribution in [0.25, 0.3) is 10.9 Å². The van der Waals surface area contributed by atoms with Crippen LogP contribution in [-0.4, -0.2) is 16.6 Å². The first-order valence-corrected chi connectivity index (χ1v) is 8.74. The van der Waals surface area contributed by atoms with Crippen LogP contribution < -0.4 is 5.32 Å². The molecule has 0 unspecified atom stereocenters. The van der Waals surface area contributed by atoms with Crippen molar-refractivity contribution in [2.24, 2.45) is 0 Å². The lowest BCUT2D eigenvalue weighted by Gasteiger charge is -2.15. The van der Waals surface area contributed by atoms with Crippen LogP contribution in [0.5, 0.6) is 0 Å². The van der Waals surface area contributed by atoms with Gasteiger partial charge in [-0.2, -0.15) is 0 Å². The fraction of sp³-hybridized carbons (Fsp3) is 0.158.